The maximum atomic E-state index is 10.3. The molecular weight excluding hydrogens is 190 g/mol. The number of aromatic amines is 1. The van der Waals surface area contributed by atoms with Crippen LogP contribution in [0.5, 0.6) is 0 Å². The van der Waals surface area contributed by atoms with Gasteiger partial charge in [-0.2, -0.15) is 0 Å². The third-order valence-corrected chi connectivity index (χ3v) is 1.60. The van der Waals surface area contributed by atoms with Crippen LogP contribution >= 0.6 is 0 Å². The van der Waals surface area contributed by atoms with Crippen LogP contribution in [0, 0.1) is 10.1 Å². The van der Waals surface area contributed by atoms with Crippen LogP contribution in [0.15, 0.2) is 6.20 Å². The molecule has 0 aliphatic carbocycles. The number of aliphatic hydroxyl groups excluding tert-OH is 1. The summed E-state index contributed by atoms with van der Waals surface area (Å²) in [5.74, 6) is -0.315. The highest BCUT2D eigenvalue weighted by Gasteiger charge is 2.14. The predicted octanol–water partition coefficient (Wildman–Crippen LogP) is -0.132. The van der Waals surface area contributed by atoms with Crippen molar-refractivity contribution in [3.05, 3.63) is 22.0 Å². The molecule has 0 fully saturated rings. The van der Waals surface area contributed by atoms with Crippen LogP contribution in [0.25, 0.3) is 0 Å². The fourth-order valence-corrected chi connectivity index (χ4v) is 1.05. The molecule has 1 aromatic rings. The third kappa shape index (κ3) is 2.79. The number of rotatable bonds is 5. The summed E-state index contributed by atoms with van der Waals surface area (Å²) < 4.78 is 4.71. The summed E-state index contributed by atoms with van der Waals surface area (Å²) in [5, 5.41) is 19.6. The van der Waals surface area contributed by atoms with Crippen LogP contribution in [-0.4, -0.2) is 39.8 Å². The normalized spacial score (nSPS) is 12.7. The van der Waals surface area contributed by atoms with Crippen molar-refractivity contribution in [3.63, 3.8) is 0 Å². The van der Waals surface area contributed by atoms with Gasteiger partial charge in [0.1, 0.15) is 11.9 Å². The highest BCUT2D eigenvalue weighted by atomic mass is 16.6. The molecule has 1 atom stereocenters. The summed E-state index contributed by atoms with van der Waals surface area (Å²) in [6, 6.07) is 0. The van der Waals surface area contributed by atoms with Crippen LogP contribution in [0.4, 0.5) is 5.95 Å². The molecule has 0 spiro atoms. The predicted molar refractivity (Wildman–Crippen MR) is 46.8 cm³/mol. The van der Waals surface area contributed by atoms with Crippen molar-refractivity contribution in [1.82, 2.24) is 9.97 Å². The Kier molecular flexibility index (Phi) is 3.55. The summed E-state index contributed by atoms with van der Waals surface area (Å²) in [6.45, 7) is 0.187. The summed E-state index contributed by atoms with van der Waals surface area (Å²) in [5.41, 5.74) is 0.515. The maximum absolute atomic E-state index is 10.3. The monoisotopic (exact) mass is 201 g/mol. The minimum atomic E-state index is -0.681. The minimum Gasteiger partial charge on any atom is -0.390 e. The maximum Gasteiger partial charge on any atom is 0.432 e. The largest absolute Gasteiger partial charge is 0.432 e. The number of ether oxygens (including phenoxy) is 1. The molecule has 2 N–H and O–H groups in total. The number of aliphatic hydroxyl groups is 1. The van der Waals surface area contributed by atoms with Gasteiger partial charge in [-0.15, -0.1) is 0 Å². The van der Waals surface area contributed by atoms with Gasteiger partial charge in [-0.1, -0.05) is 4.98 Å². The highest BCUT2D eigenvalue weighted by molar-refractivity contribution is 5.11. The van der Waals surface area contributed by atoms with Gasteiger partial charge in [0, 0.05) is 13.5 Å². The summed E-state index contributed by atoms with van der Waals surface area (Å²) in [4.78, 5) is 15.6. The van der Waals surface area contributed by atoms with E-state index in [0.29, 0.717) is 5.69 Å². The lowest BCUT2D eigenvalue weighted by Crippen LogP contribution is -2.17. The van der Waals surface area contributed by atoms with E-state index in [2.05, 4.69) is 9.97 Å². The zero-order valence-electron chi connectivity index (χ0n) is 7.64. The third-order valence-electron chi connectivity index (χ3n) is 1.60. The number of nitro groups is 1. The number of imidazole rings is 1. The first-order chi connectivity index (χ1) is 6.63. The Bertz CT molecular complexity index is 312. The SMILES string of the molecule is COCC(O)Cc1cnc([N+](=O)[O-])[nH]1. The van der Waals surface area contributed by atoms with Crippen molar-refractivity contribution in [2.24, 2.45) is 0 Å². The van der Waals surface area contributed by atoms with Gasteiger partial charge in [-0.3, -0.25) is 0 Å². The molecule has 14 heavy (non-hydrogen) atoms. The Balaban J connectivity index is 2.55. The standard InChI is InChI=1S/C7H11N3O4/c1-14-4-6(11)2-5-3-8-7(9-5)10(12)13/h3,6,11H,2,4H2,1H3,(H,8,9). The molecule has 0 amide bonds. The van der Waals surface area contributed by atoms with Crippen LogP contribution in [0.3, 0.4) is 0 Å². The van der Waals surface area contributed by atoms with Gasteiger partial charge >= 0.3 is 5.95 Å². The van der Waals surface area contributed by atoms with Gasteiger partial charge in [-0.05, 0) is 4.92 Å². The van der Waals surface area contributed by atoms with Gasteiger partial charge in [0.25, 0.3) is 0 Å². The molecule has 1 rings (SSSR count). The Morgan fingerprint density at radius 2 is 2.57 bits per heavy atom. The van der Waals surface area contributed by atoms with E-state index in [9.17, 15) is 15.2 Å². The number of H-pyrrole nitrogens is 1. The topological polar surface area (TPSA) is 101 Å². The van der Waals surface area contributed by atoms with E-state index in [1.165, 1.54) is 13.3 Å². The van der Waals surface area contributed by atoms with Crippen molar-refractivity contribution in [2.45, 2.75) is 12.5 Å². The molecule has 7 nitrogen and oxygen atoms in total. The Morgan fingerprint density at radius 3 is 3.07 bits per heavy atom. The Morgan fingerprint density at radius 1 is 1.86 bits per heavy atom. The number of hydrogen-bond donors (Lipinski definition) is 2. The molecule has 0 aliphatic heterocycles. The smallest absolute Gasteiger partial charge is 0.390 e. The number of nitrogens with one attached hydrogen (secondary N) is 1. The van der Waals surface area contributed by atoms with Crippen LogP contribution in [0.2, 0.25) is 0 Å². The van der Waals surface area contributed by atoms with E-state index in [1.54, 1.807) is 0 Å². The van der Waals surface area contributed by atoms with Crippen molar-refractivity contribution in [3.8, 4) is 0 Å². The van der Waals surface area contributed by atoms with Gasteiger partial charge in [0.05, 0.1) is 12.7 Å². The zero-order chi connectivity index (χ0) is 10.6. The molecule has 0 saturated heterocycles. The minimum absolute atomic E-state index is 0.187. The molecule has 1 heterocycles. The lowest BCUT2D eigenvalue weighted by Gasteiger charge is -2.04. The Labute approximate surface area is 79.9 Å². The first-order valence-corrected chi connectivity index (χ1v) is 3.98. The molecule has 1 unspecified atom stereocenters. The first-order valence-electron chi connectivity index (χ1n) is 3.98. The van der Waals surface area contributed by atoms with Gasteiger partial charge < -0.3 is 20.0 Å². The second-order valence-electron chi connectivity index (χ2n) is 2.80. The van der Waals surface area contributed by atoms with Gasteiger partial charge in [-0.25, -0.2) is 4.98 Å². The molecule has 0 aliphatic rings. The summed E-state index contributed by atoms with van der Waals surface area (Å²) >= 11 is 0. The van der Waals surface area contributed by atoms with Gasteiger partial charge in [0.15, 0.2) is 0 Å². The number of aromatic nitrogens is 2. The average Bonchev–Trinajstić information content (AvgIpc) is 2.53. The lowest BCUT2D eigenvalue weighted by molar-refractivity contribution is -0.393. The van der Waals surface area contributed by atoms with Crippen LogP contribution in [-0.2, 0) is 11.2 Å². The second-order valence-corrected chi connectivity index (χ2v) is 2.80. The molecule has 0 aromatic carbocycles. The first kappa shape index (κ1) is 10.6. The van der Waals surface area contributed by atoms with Crippen LogP contribution in [0.1, 0.15) is 5.69 Å². The molecular formula is C7H11N3O4. The summed E-state index contributed by atoms with van der Waals surface area (Å²) in [7, 11) is 1.47. The zero-order valence-corrected chi connectivity index (χ0v) is 7.64. The molecule has 0 bridgehead atoms. The van der Waals surface area contributed by atoms with Gasteiger partial charge in [0.2, 0.25) is 0 Å². The van der Waals surface area contributed by atoms with E-state index in [0.717, 1.165) is 0 Å². The average molecular weight is 201 g/mol. The quantitative estimate of drug-likeness (QED) is 0.510. The van der Waals surface area contributed by atoms with Crippen molar-refractivity contribution in [1.29, 1.82) is 0 Å². The fraction of sp³-hybridized carbons (Fsp3) is 0.571. The van der Waals surface area contributed by atoms with E-state index in [4.69, 9.17) is 4.74 Å². The molecule has 78 valence electrons. The van der Waals surface area contributed by atoms with E-state index in [-0.39, 0.29) is 19.0 Å². The Hall–Kier alpha value is -1.47. The number of hydrogen-bond acceptors (Lipinski definition) is 5. The van der Waals surface area contributed by atoms with E-state index >= 15 is 0 Å². The van der Waals surface area contributed by atoms with E-state index < -0.39 is 11.0 Å². The van der Waals surface area contributed by atoms with Crippen molar-refractivity contribution in [2.75, 3.05) is 13.7 Å². The van der Waals surface area contributed by atoms with Crippen molar-refractivity contribution >= 4 is 5.95 Å². The fourth-order valence-electron chi connectivity index (χ4n) is 1.05. The number of nitrogens with zero attached hydrogens (tertiary/aromatic N) is 2. The molecule has 7 heteroatoms. The van der Waals surface area contributed by atoms with Crippen molar-refractivity contribution < 1.29 is 14.8 Å². The lowest BCUT2D eigenvalue weighted by atomic mass is 10.2. The highest BCUT2D eigenvalue weighted by Crippen LogP contribution is 2.07. The number of methoxy groups -OCH3 is 1. The molecule has 0 radical (unpaired) electrons. The molecule has 1 aromatic heterocycles. The van der Waals surface area contributed by atoms with Crippen LogP contribution < -0.4 is 0 Å². The van der Waals surface area contributed by atoms with E-state index in [1.807, 2.05) is 0 Å². The summed E-state index contributed by atoms with van der Waals surface area (Å²) in [6.07, 6.45) is 0.908. The molecule has 0 saturated carbocycles. The second kappa shape index (κ2) is 4.68.